The van der Waals surface area contributed by atoms with Crippen molar-refractivity contribution in [3.05, 3.63) is 11.6 Å². The van der Waals surface area contributed by atoms with Crippen LogP contribution in [0.4, 0.5) is 0 Å². The molecule has 0 saturated heterocycles. The Morgan fingerprint density at radius 2 is 2.08 bits per heavy atom. The predicted molar refractivity (Wildman–Crippen MR) is 49.5 cm³/mol. The van der Waals surface area contributed by atoms with Gasteiger partial charge in [0.1, 0.15) is 11.6 Å². The van der Waals surface area contributed by atoms with Crippen molar-refractivity contribution in [1.29, 1.82) is 0 Å². The molecule has 1 N–H and O–H groups in total. The Morgan fingerprint density at radius 3 is 2.46 bits per heavy atom. The van der Waals surface area contributed by atoms with Crippen LogP contribution in [0.25, 0.3) is 0 Å². The van der Waals surface area contributed by atoms with Gasteiger partial charge in [0.05, 0.1) is 6.42 Å². The van der Waals surface area contributed by atoms with Crippen LogP contribution in [0, 0.1) is 0 Å². The highest BCUT2D eigenvalue weighted by Crippen LogP contribution is 2.17. The molecule has 0 aliphatic rings. The molecule has 0 bridgehead atoms. The number of carbonyl (C=O) groups excluding carboxylic acids is 1. The van der Waals surface area contributed by atoms with Crippen LogP contribution in [0.5, 0.6) is 0 Å². The molecular formula is C9H15N3O. The number of hydrogen-bond acceptors (Lipinski definition) is 3. The van der Waals surface area contributed by atoms with E-state index >= 15 is 0 Å². The minimum absolute atomic E-state index is 0.0396. The molecular weight excluding hydrogens is 166 g/mol. The van der Waals surface area contributed by atoms with Crippen molar-refractivity contribution in [2.75, 3.05) is 0 Å². The highest BCUT2D eigenvalue weighted by atomic mass is 16.1. The zero-order valence-electron chi connectivity index (χ0n) is 8.51. The molecule has 0 atom stereocenters. The quantitative estimate of drug-likeness (QED) is 0.746. The Labute approximate surface area is 77.8 Å². The SMILES string of the molecule is CC(=O)Cc1n[nH]c(C(C)(C)C)n1. The molecule has 1 aromatic rings. The third-order valence-corrected chi connectivity index (χ3v) is 1.65. The number of hydrogen-bond donors (Lipinski definition) is 1. The molecule has 0 aromatic carbocycles. The van der Waals surface area contributed by atoms with Gasteiger partial charge in [-0.05, 0) is 6.92 Å². The number of aromatic nitrogens is 3. The van der Waals surface area contributed by atoms with Gasteiger partial charge in [-0.3, -0.25) is 9.89 Å². The van der Waals surface area contributed by atoms with Crippen molar-refractivity contribution in [1.82, 2.24) is 15.2 Å². The van der Waals surface area contributed by atoms with Gasteiger partial charge in [0.25, 0.3) is 0 Å². The average Bonchev–Trinajstić information content (AvgIpc) is 2.32. The normalized spacial score (nSPS) is 11.7. The summed E-state index contributed by atoms with van der Waals surface area (Å²) in [6.45, 7) is 7.67. The Kier molecular flexibility index (Phi) is 2.50. The van der Waals surface area contributed by atoms with Crippen LogP contribution in [0.2, 0.25) is 0 Å². The minimum atomic E-state index is -0.0396. The van der Waals surface area contributed by atoms with Gasteiger partial charge in [-0.25, -0.2) is 4.98 Å². The number of Topliss-reactive ketones (excluding diaryl/α,β-unsaturated/α-hetero) is 1. The zero-order valence-corrected chi connectivity index (χ0v) is 8.51. The lowest BCUT2D eigenvalue weighted by atomic mass is 9.96. The van der Waals surface area contributed by atoms with Crippen molar-refractivity contribution in [3.63, 3.8) is 0 Å². The second-order valence-electron chi connectivity index (χ2n) is 4.23. The molecule has 0 spiro atoms. The van der Waals surface area contributed by atoms with Crippen molar-refractivity contribution >= 4 is 5.78 Å². The zero-order chi connectivity index (χ0) is 10.1. The van der Waals surface area contributed by atoms with Crippen LogP contribution in [0.1, 0.15) is 39.3 Å². The number of nitrogens with one attached hydrogen (secondary N) is 1. The van der Waals surface area contributed by atoms with Crippen molar-refractivity contribution in [2.45, 2.75) is 39.5 Å². The van der Waals surface area contributed by atoms with Gasteiger partial charge in [0, 0.05) is 5.41 Å². The fourth-order valence-corrected chi connectivity index (χ4v) is 0.934. The predicted octanol–water partition coefficient (Wildman–Crippen LogP) is 1.23. The number of H-pyrrole nitrogens is 1. The summed E-state index contributed by atoms with van der Waals surface area (Å²) in [4.78, 5) is 15.0. The summed E-state index contributed by atoms with van der Waals surface area (Å²) in [7, 11) is 0. The first kappa shape index (κ1) is 9.89. The van der Waals surface area contributed by atoms with Crippen LogP contribution >= 0.6 is 0 Å². The van der Waals surface area contributed by atoms with E-state index in [0.29, 0.717) is 12.2 Å². The van der Waals surface area contributed by atoms with Crippen LogP contribution < -0.4 is 0 Å². The standard InChI is InChI=1S/C9H15N3O/c1-6(13)5-7-10-8(12-11-7)9(2,3)4/h5H2,1-4H3,(H,10,11,12). The van der Waals surface area contributed by atoms with Gasteiger partial charge in [-0.2, -0.15) is 5.10 Å². The monoisotopic (exact) mass is 181 g/mol. The fourth-order valence-electron chi connectivity index (χ4n) is 0.934. The molecule has 0 saturated carbocycles. The molecule has 13 heavy (non-hydrogen) atoms. The number of nitrogens with zero attached hydrogens (tertiary/aromatic N) is 2. The Morgan fingerprint density at radius 1 is 1.46 bits per heavy atom. The van der Waals surface area contributed by atoms with E-state index in [1.165, 1.54) is 6.92 Å². The number of aromatic amines is 1. The summed E-state index contributed by atoms with van der Waals surface area (Å²) in [6.07, 6.45) is 0.312. The molecule has 0 unspecified atom stereocenters. The summed E-state index contributed by atoms with van der Waals surface area (Å²) in [5.41, 5.74) is -0.0396. The van der Waals surface area contributed by atoms with Crippen LogP contribution in [0.15, 0.2) is 0 Å². The van der Waals surface area contributed by atoms with Crippen LogP contribution in [-0.4, -0.2) is 21.0 Å². The first-order chi connectivity index (χ1) is 5.89. The van der Waals surface area contributed by atoms with Gasteiger partial charge >= 0.3 is 0 Å². The fraction of sp³-hybridized carbons (Fsp3) is 0.667. The third-order valence-electron chi connectivity index (χ3n) is 1.65. The first-order valence-electron chi connectivity index (χ1n) is 4.31. The van der Waals surface area contributed by atoms with E-state index in [-0.39, 0.29) is 11.2 Å². The lowest BCUT2D eigenvalue weighted by Gasteiger charge is -2.12. The van der Waals surface area contributed by atoms with E-state index in [1.54, 1.807) is 0 Å². The van der Waals surface area contributed by atoms with Gasteiger partial charge < -0.3 is 0 Å². The number of carbonyl (C=O) groups is 1. The van der Waals surface area contributed by atoms with Crippen molar-refractivity contribution < 1.29 is 4.79 Å². The maximum absolute atomic E-state index is 10.8. The topological polar surface area (TPSA) is 58.6 Å². The van der Waals surface area contributed by atoms with Gasteiger partial charge in [0.2, 0.25) is 0 Å². The summed E-state index contributed by atoms with van der Waals surface area (Å²) >= 11 is 0. The Bertz CT molecular complexity index is 309. The van der Waals surface area contributed by atoms with E-state index in [0.717, 1.165) is 5.82 Å². The summed E-state index contributed by atoms with van der Waals surface area (Å²) in [6, 6.07) is 0. The smallest absolute Gasteiger partial charge is 0.158 e. The molecule has 1 heterocycles. The first-order valence-corrected chi connectivity index (χ1v) is 4.31. The lowest BCUT2D eigenvalue weighted by Crippen LogP contribution is -2.13. The van der Waals surface area contributed by atoms with E-state index in [2.05, 4.69) is 15.2 Å². The molecule has 0 aliphatic heterocycles. The maximum atomic E-state index is 10.8. The number of ketones is 1. The summed E-state index contributed by atoms with van der Waals surface area (Å²) < 4.78 is 0. The second-order valence-corrected chi connectivity index (χ2v) is 4.23. The third kappa shape index (κ3) is 2.65. The summed E-state index contributed by atoms with van der Waals surface area (Å²) in [5.74, 6) is 1.49. The van der Waals surface area contributed by atoms with Crippen molar-refractivity contribution in [3.8, 4) is 0 Å². The molecule has 1 aromatic heterocycles. The maximum Gasteiger partial charge on any atom is 0.158 e. The molecule has 72 valence electrons. The Hall–Kier alpha value is -1.19. The van der Waals surface area contributed by atoms with Gasteiger partial charge in [0.15, 0.2) is 5.82 Å². The lowest BCUT2D eigenvalue weighted by molar-refractivity contribution is -0.116. The molecule has 4 heteroatoms. The second kappa shape index (κ2) is 3.28. The van der Waals surface area contributed by atoms with E-state index in [4.69, 9.17) is 0 Å². The largest absolute Gasteiger partial charge is 0.300 e. The van der Waals surface area contributed by atoms with Crippen LogP contribution in [0.3, 0.4) is 0 Å². The van der Waals surface area contributed by atoms with Crippen LogP contribution in [-0.2, 0) is 16.6 Å². The molecule has 1 rings (SSSR count). The van der Waals surface area contributed by atoms with Crippen molar-refractivity contribution in [2.24, 2.45) is 0 Å². The average molecular weight is 181 g/mol. The minimum Gasteiger partial charge on any atom is -0.300 e. The van der Waals surface area contributed by atoms with E-state index in [9.17, 15) is 4.79 Å². The highest BCUT2D eigenvalue weighted by Gasteiger charge is 2.18. The van der Waals surface area contributed by atoms with E-state index < -0.39 is 0 Å². The number of rotatable bonds is 2. The molecule has 4 nitrogen and oxygen atoms in total. The van der Waals surface area contributed by atoms with Gasteiger partial charge in [-0.15, -0.1) is 0 Å². The van der Waals surface area contributed by atoms with E-state index in [1.807, 2.05) is 20.8 Å². The molecule has 0 fully saturated rings. The molecule has 0 amide bonds. The Balaban J connectivity index is 2.81. The summed E-state index contributed by atoms with van der Waals surface area (Å²) in [5, 5.41) is 6.80. The van der Waals surface area contributed by atoms with Gasteiger partial charge in [-0.1, -0.05) is 20.8 Å². The molecule has 0 radical (unpaired) electrons. The highest BCUT2D eigenvalue weighted by molar-refractivity contribution is 5.77. The molecule has 0 aliphatic carbocycles.